The van der Waals surface area contributed by atoms with Crippen LogP contribution in [0.5, 0.6) is 0 Å². The van der Waals surface area contributed by atoms with E-state index in [2.05, 4.69) is 0 Å². The van der Waals surface area contributed by atoms with E-state index in [1.54, 1.807) is 0 Å². The molecule has 1 atom stereocenters. The molecule has 2 N–H and O–H groups in total. The Morgan fingerprint density at radius 1 is 0.905 bits per heavy atom. The van der Waals surface area contributed by atoms with E-state index >= 15 is 0 Å². The van der Waals surface area contributed by atoms with Crippen LogP contribution in [0.3, 0.4) is 0 Å². The maximum atomic E-state index is 14.2. The first-order valence-corrected chi connectivity index (χ1v) is 5.50. The summed E-state index contributed by atoms with van der Waals surface area (Å²) in [6.45, 7) is 0.688. The van der Waals surface area contributed by atoms with Crippen LogP contribution in [0.15, 0.2) is 18.2 Å². The molecule has 0 aliphatic carbocycles. The van der Waals surface area contributed by atoms with E-state index in [0.29, 0.717) is 6.92 Å². The fraction of sp³-hybridized carbons (Fsp3) is 0.417. The van der Waals surface area contributed by atoms with Gasteiger partial charge >= 0.3 is 12.4 Å². The molecule has 1 amide bonds. The number of carbonyl (C=O) groups is 1. The Hall–Kier alpha value is -1.80. The van der Waals surface area contributed by atoms with Gasteiger partial charge in [0.2, 0.25) is 5.91 Å². The number of carbonyl (C=O) groups excluding carboxylic acids is 1. The number of nitrogens with two attached hydrogens (primary N) is 1. The zero-order valence-corrected chi connectivity index (χ0v) is 10.6. The molecule has 0 saturated carbocycles. The highest BCUT2D eigenvalue weighted by Crippen LogP contribution is 2.40. The monoisotopic (exact) mass is 317 g/mol. The lowest BCUT2D eigenvalue weighted by atomic mass is 9.90. The minimum absolute atomic E-state index is 0.121. The van der Waals surface area contributed by atoms with Gasteiger partial charge in [0, 0.05) is 0 Å². The molecule has 0 aliphatic rings. The van der Waals surface area contributed by atoms with Crippen LogP contribution in [0.25, 0.3) is 0 Å². The molecule has 1 aromatic rings. The molecule has 118 valence electrons. The molecule has 0 bridgehead atoms. The van der Waals surface area contributed by atoms with Crippen molar-refractivity contribution in [1.29, 1.82) is 0 Å². The second-order valence-corrected chi connectivity index (χ2v) is 4.64. The van der Waals surface area contributed by atoms with Crippen molar-refractivity contribution in [2.24, 2.45) is 5.73 Å². The van der Waals surface area contributed by atoms with Gasteiger partial charge in [0.15, 0.2) is 0 Å². The van der Waals surface area contributed by atoms with Crippen LogP contribution in [0.2, 0.25) is 0 Å². The smallest absolute Gasteiger partial charge is 0.370 e. The summed E-state index contributed by atoms with van der Waals surface area (Å²) in [6.07, 6.45) is -11.2. The maximum Gasteiger partial charge on any atom is 0.416 e. The van der Waals surface area contributed by atoms with Crippen molar-refractivity contribution in [2.45, 2.75) is 31.4 Å². The first-order valence-electron chi connectivity index (χ1n) is 5.50. The van der Waals surface area contributed by atoms with Crippen molar-refractivity contribution >= 4 is 5.91 Å². The minimum Gasteiger partial charge on any atom is -0.370 e. The van der Waals surface area contributed by atoms with Gasteiger partial charge in [-0.25, -0.2) is 4.39 Å². The van der Waals surface area contributed by atoms with Gasteiger partial charge in [-0.3, -0.25) is 4.79 Å². The molecular weight excluding hydrogens is 307 g/mol. The van der Waals surface area contributed by atoms with Crippen LogP contribution in [-0.4, -0.2) is 5.91 Å². The second kappa shape index (κ2) is 5.19. The van der Waals surface area contributed by atoms with Crippen molar-refractivity contribution in [1.82, 2.24) is 0 Å². The number of benzene rings is 1. The lowest BCUT2D eigenvalue weighted by molar-refractivity contribution is -0.143. The van der Waals surface area contributed by atoms with Gasteiger partial charge in [0.25, 0.3) is 0 Å². The number of hydrogen-bond acceptors (Lipinski definition) is 1. The van der Waals surface area contributed by atoms with Crippen LogP contribution >= 0.6 is 0 Å². The summed E-state index contributed by atoms with van der Waals surface area (Å²) in [6, 6.07) is 0.347. The summed E-state index contributed by atoms with van der Waals surface area (Å²) in [5.74, 6) is -1.19. The standard InChI is InChI=1S/C12H10F7NO/c1-10(13,5-9(20)21)6-2-7(11(14,15)16)4-8(3-6)12(17,18)19/h2-4H,5H2,1H3,(H2,20,21)/t10-/m1/s1. The molecule has 1 rings (SSSR count). The second-order valence-electron chi connectivity index (χ2n) is 4.64. The van der Waals surface area contributed by atoms with E-state index in [1.807, 2.05) is 0 Å². The van der Waals surface area contributed by atoms with E-state index in [-0.39, 0.29) is 18.2 Å². The largest absolute Gasteiger partial charge is 0.416 e. The third-order valence-corrected chi connectivity index (χ3v) is 2.70. The third kappa shape index (κ3) is 4.33. The molecule has 0 unspecified atom stereocenters. The molecular formula is C12H10F7NO. The average molecular weight is 317 g/mol. The number of primary amides is 1. The fourth-order valence-corrected chi connectivity index (χ4v) is 1.69. The Balaban J connectivity index is 3.49. The predicted molar refractivity (Wildman–Crippen MR) is 58.7 cm³/mol. The molecule has 0 aliphatic heterocycles. The summed E-state index contributed by atoms with van der Waals surface area (Å²) < 4.78 is 89.8. The number of alkyl halides is 7. The number of rotatable bonds is 3. The van der Waals surface area contributed by atoms with Crippen molar-refractivity contribution in [3.8, 4) is 0 Å². The van der Waals surface area contributed by atoms with Crippen LogP contribution in [0.4, 0.5) is 30.7 Å². The van der Waals surface area contributed by atoms with Crippen molar-refractivity contribution in [2.75, 3.05) is 0 Å². The van der Waals surface area contributed by atoms with Gasteiger partial charge in [-0.15, -0.1) is 0 Å². The van der Waals surface area contributed by atoms with Gasteiger partial charge in [-0.2, -0.15) is 26.3 Å². The minimum atomic E-state index is -5.08. The van der Waals surface area contributed by atoms with E-state index in [9.17, 15) is 35.5 Å². The average Bonchev–Trinajstić information content (AvgIpc) is 2.24. The van der Waals surface area contributed by atoms with E-state index in [0.717, 1.165) is 0 Å². The van der Waals surface area contributed by atoms with Gasteiger partial charge in [-0.05, 0) is 30.7 Å². The Bertz CT molecular complexity index is 513. The molecule has 21 heavy (non-hydrogen) atoms. The molecule has 0 fully saturated rings. The number of halogens is 7. The molecule has 0 aromatic heterocycles. The van der Waals surface area contributed by atoms with Crippen molar-refractivity contribution < 1.29 is 35.5 Å². The normalized spacial score (nSPS) is 15.6. The Morgan fingerprint density at radius 2 is 1.24 bits per heavy atom. The zero-order chi connectivity index (χ0) is 16.6. The molecule has 1 aromatic carbocycles. The zero-order valence-electron chi connectivity index (χ0n) is 10.6. The summed E-state index contributed by atoms with van der Waals surface area (Å²) in [7, 11) is 0. The third-order valence-electron chi connectivity index (χ3n) is 2.70. The number of hydrogen-bond donors (Lipinski definition) is 1. The predicted octanol–water partition coefficient (Wildman–Crippen LogP) is 3.78. The van der Waals surface area contributed by atoms with Crippen LogP contribution < -0.4 is 5.73 Å². The van der Waals surface area contributed by atoms with Crippen LogP contribution in [0.1, 0.15) is 30.0 Å². The molecule has 0 spiro atoms. The lowest BCUT2D eigenvalue weighted by Gasteiger charge is -2.22. The SMILES string of the molecule is C[C@@](F)(CC(N)=O)c1cc(C(F)(F)F)cc(C(F)(F)F)c1. The van der Waals surface area contributed by atoms with Gasteiger partial charge in [-0.1, -0.05) is 0 Å². The summed E-state index contributed by atoms with van der Waals surface area (Å²) >= 11 is 0. The first kappa shape index (κ1) is 17.3. The van der Waals surface area contributed by atoms with E-state index in [1.165, 1.54) is 0 Å². The van der Waals surface area contributed by atoms with E-state index in [4.69, 9.17) is 5.73 Å². The summed E-state index contributed by atoms with van der Waals surface area (Å²) in [5.41, 5.74) is -2.22. The topological polar surface area (TPSA) is 43.1 Å². The Morgan fingerprint density at radius 3 is 1.52 bits per heavy atom. The van der Waals surface area contributed by atoms with E-state index < -0.39 is 47.0 Å². The Kier molecular flexibility index (Phi) is 4.27. The first-order chi connectivity index (χ1) is 9.23. The summed E-state index contributed by atoms with van der Waals surface area (Å²) in [4.78, 5) is 10.7. The molecule has 2 nitrogen and oxygen atoms in total. The highest BCUT2D eigenvalue weighted by atomic mass is 19.4. The quantitative estimate of drug-likeness (QED) is 0.847. The highest BCUT2D eigenvalue weighted by Gasteiger charge is 2.39. The van der Waals surface area contributed by atoms with Gasteiger partial charge < -0.3 is 5.73 Å². The highest BCUT2D eigenvalue weighted by molar-refractivity contribution is 5.75. The van der Waals surface area contributed by atoms with Crippen LogP contribution in [-0.2, 0) is 22.8 Å². The molecule has 0 radical (unpaired) electrons. The molecule has 0 saturated heterocycles. The van der Waals surface area contributed by atoms with Crippen molar-refractivity contribution in [3.05, 3.63) is 34.9 Å². The molecule has 0 heterocycles. The van der Waals surface area contributed by atoms with Crippen molar-refractivity contribution in [3.63, 3.8) is 0 Å². The van der Waals surface area contributed by atoms with Crippen LogP contribution in [0, 0.1) is 0 Å². The van der Waals surface area contributed by atoms with Gasteiger partial charge in [0.05, 0.1) is 17.5 Å². The number of amides is 1. The maximum absolute atomic E-state index is 14.2. The fourth-order valence-electron chi connectivity index (χ4n) is 1.69. The Labute approximate surface area is 114 Å². The molecule has 9 heteroatoms. The van der Waals surface area contributed by atoms with Gasteiger partial charge in [0.1, 0.15) is 5.67 Å². The lowest BCUT2D eigenvalue weighted by Crippen LogP contribution is -2.26. The summed E-state index contributed by atoms with van der Waals surface area (Å²) in [5, 5.41) is 0.